The van der Waals surface area contributed by atoms with Crippen molar-refractivity contribution in [2.75, 3.05) is 6.54 Å². The summed E-state index contributed by atoms with van der Waals surface area (Å²) in [5.41, 5.74) is 4.40. The Kier molecular flexibility index (Phi) is 13.9. The number of carboxylic acids is 1. The first-order valence-corrected chi connectivity index (χ1v) is 16.5. The molecule has 6 nitrogen and oxygen atoms in total. The van der Waals surface area contributed by atoms with Gasteiger partial charge in [0.1, 0.15) is 22.4 Å². The van der Waals surface area contributed by atoms with Crippen LogP contribution in [-0.4, -0.2) is 27.4 Å². The summed E-state index contributed by atoms with van der Waals surface area (Å²) in [4.78, 5) is 23.8. The van der Waals surface area contributed by atoms with Crippen LogP contribution in [-0.2, 0) is 29.9 Å². The van der Waals surface area contributed by atoms with Gasteiger partial charge in [-0.25, -0.2) is 9.97 Å². The van der Waals surface area contributed by atoms with Crippen LogP contribution in [0.4, 0.5) is 0 Å². The number of thiazole rings is 2. The number of benzene rings is 2. The van der Waals surface area contributed by atoms with Crippen LogP contribution in [0.3, 0.4) is 0 Å². The first-order valence-electron chi connectivity index (χ1n) is 14.8. The predicted molar refractivity (Wildman–Crippen MR) is 171 cm³/mol. The van der Waals surface area contributed by atoms with Crippen LogP contribution in [0.15, 0.2) is 60.1 Å². The van der Waals surface area contributed by atoms with Gasteiger partial charge in [0.2, 0.25) is 0 Å². The molecule has 2 heterocycles. The van der Waals surface area contributed by atoms with Gasteiger partial charge in [0, 0.05) is 28.6 Å². The number of aliphatic carboxylic acids is 1. The number of hydrogen-bond acceptors (Lipinski definition) is 8. The fourth-order valence-corrected chi connectivity index (χ4v) is 6.79. The minimum Gasteiger partial charge on any atom is -0.549 e. The van der Waals surface area contributed by atoms with E-state index >= 15 is 0 Å². The summed E-state index contributed by atoms with van der Waals surface area (Å²) >= 11 is 3.16. The van der Waals surface area contributed by atoms with Crippen molar-refractivity contribution in [2.45, 2.75) is 91.3 Å². The maximum Gasteiger partial charge on any atom is 1.00 e. The fraction of sp³-hybridized carbons (Fsp3) is 0.441. The molecular formula is C34H42N3NaO3S2. The molecule has 0 atom stereocenters. The third kappa shape index (κ3) is 10.8. The number of carbonyl (C=O) groups excluding carboxylic acids is 1. The minimum atomic E-state index is -1.11. The molecule has 9 heteroatoms. The summed E-state index contributed by atoms with van der Waals surface area (Å²) in [5.74, 6) is 0.405. The van der Waals surface area contributed by atoms with E-state index in [-0.39, 0.29) is 41.5 Å². The monoisotopic (exact) mass is 627 g/mol. The second-order valence-electron chi connectivity index (χ2n) is 11.8. The molecule has 0 bridgehead atoms. The van der Waals surface area contributed by atoms with Crippen molar-refractivity contribution in [2.24, 2.45) is 0 Å². The third-order valence-corrected chi connectivity index (χ3v) is 9.44. The van der Waals surface area contributed by atoms with Crippen molar-refractivity contribution in [1.29, 1.82) is 0 Å². The summed E-state index contributed by atoms with van der Waals surface area (Å²) in [6.45, 7) is 12.1. The molecule has 0 saturated carbocycles. The van der Waals surface area contributed by atoms with Gasteiger partial charge in [-0.3, -0.25) is 4.90 Å². The molecule has 0 saturated heterocycles. The topological polar surface area (TPSA) is 78.4 Å². The largest absolute Gasteiger partial charge is 1.00 e. The third-order valence-electron chi connectivity index (χ3n) is 7.20. The minimum absolute atomic E-state index is 0. The van der Waals surface area contributed by atoms with Crippen molar-refractivity contribution in [3.63, 3.8) is 0 Å². The molecule has 2 aromatic heterocycles. The average molecular weight is 628 g/mol. The molecule has 0 amide bonds. The van der Waals surface area contributed by atoms with Crippen molar-refractivity contribution in [3.05, 3.63) is 86.1 Å². The number of ether oxygens (including phenoxy) is 1. The second-order valence-corrected chi connectivity index (χ2v) is 13.9. The van der Waals surface area contributed by atoms with E-state index in [1.54, 1.807) is 11.3 Å². The number of rotatable bonds is 15. The summed E-state index contributed by atoms with van der Waals surface area (Å²) in [6.07, 6.45) is 6.75. The fourth-order valence-electron chi connectivity index (χ4n) is 4.93. The number of carbonyl (C=O) groups is 1. The summed E-state index contributed by atoms with van der Waals surface area (Å²) < 4.78 is 6.06. The Hall–Kier alpha value is -2.07. The van der Waals surface area contributed by atoms with Crippen molar-refractivity contribution in [1.82, 2.24) is 14.9 Å². The van der Waals surface area contributed by atoms with Crippen LogP contribution in [0.1, 0.15) is 92.2 Å². The molecule has 4 rings (SSSR count). The molecule has 0 radical (unpaired) electrons. The Bertz CT molecular complexity index is 1410. The molecule has 0 N–H and O–H groups in total. The number of nitrogens with zero attached hydrogens (tertiary/aromatic N) is 3. The molecule has 224 valence electrons. The van der Waals surface area contributed by atoms with Gasteiger partial charge in [-0.1, -0.05) is 83.9 Å². The summed E-state index contributed by atoms with van der Waals surface area (Å²) in [6, 6.07) is 16.8. The van der Waals surface area contributed by atoms with Crippen LogP contribution in [0.2, 0.25) is 0 Å². The molecule has 0 unspecified atom stereocenters. The molecule has 0 spiro atoms. The molecule has 0 aliphatic rings. The molecule has 0 aliphatic carbocycles. The van der Waals surface area contributed by atoms with Gasteiger partial charge < -0.3 is 14.6 Å². The molecule has 0 fully saturated rings. The van der Waals surface area contributed by atoms with Gasteiger partial charge >= 0.3 is 29.6 Å². The van der Waals surface area contributed by atoms with E-state index in [4.69, 9.17) is 9.72 Å². The van der Waals surface area contributed by atoms with Crippen LogP contribution < -0.4 is 39.4 Å². The Balaban J connectivity index is 0.00000506. The van der Waals surface area contributed by atoms with Crippen LogP contribution in [0, 0.1) is 0 Å². The first-order chi connectivity index (χ1) is 20.1. The normalized spacial score (nSPS) is 11.6. The van der Waals surface area contributed by atoms with Crippen LogP contribution >= 0.6 is 22.7 Å². The van der Waals surface area contributed by atoms with Gasteiger partial charge in [-0.2, -0.15) is 0 Å². The van der Waals surface area contributed by atoms with E-state index in [0.29, 0.717) is 25.6 Å². The van der Waals surface area contributed by atoms with E-state index < -0.39 is 5.97 Å². The maximum atomic E-state index is 11.4. The van der Waals surface area contributed by atoms with Gasteiger partial charge in [0.05, 0.1) is 24.8 Å². The zero-order chi connectivity index (χ0) is 30.1. The van der Waals surface area contributed by atoms with E-state index in [1.165, 1.54) is 47.5 Å². The Morgan fingerprint density at radius 1 is 0.977 bits per heavy atom. The average Bonchev–Trinajstić information content (AvgIpc) is 3.62. The van der Waals surface area contributed by atoms with Crippen molar-refractivity contribution in [3.8, 4) is 17.0 Å². The summed E-state index contributed by atoms with van der Waals surface area (Å²) in [7, 11) is 0. The quantitative estimate of drug-likeness (QED) is 0.180. The van der Waals surface area contributed by atoms with Gasteiger partial charge in [-0.15, -0.1) is 22.7 Å². The standard InChI is InChI=1S/C34H43N3O3S2.Na/c1-6-8-25(9-7-2)26-14-16-28(17-15-26)40-22-24-10-12-27(13-11-24)29-23-41-32(36-29)20-37(21-33(38)39)19-31-35-18-30(42-31)34(3,4)5;/h10-18,23,25H,6-9,19-22H2,1-5H3,(H,38,39);/q;+1/p-1. The zero-order valence-corrected chi connectivity index (χ0v) is 30.0. The predicted octanol–water partition coefficient (Wildman–Crippen LogP) is 4.58. The molecule has 0 aliphatic heterocycles. The van der Waals surface area contributed by atoms with E-state index in [9.17, 15) is 9.90 Å². The van der Waals surface area contributed by atoms with E-state index in [2.05, 4.69) is 88.1 Å². The Labute approximate surface area is 286 Å². The molecule has 4 aromatic rings. The van der Waals surface area contributed by atoms with Crippen LogP contribution in [0.5, 0.6) is 5.75 Å². The SMILES string of the molecule is CCCC(CCC)c1ccc(OCc2ccc(-c3csc(CN(CC(=O)[O-])Cc4ncc(C(C)(C)C)s4)n3)cc2)cc1.[Na+]. The van der Waals surface area contributed by atoms with Gasteiger partial charge in [-0.05, 0) is 47.4 Å². The van der Waals surface area contributed by atoms with Crippen molar-refractivity contribution >= 4 is 28.6 Å². The van der Waals surface area contributed by atoms with E-state index in [0.717, 1.165) is 32.6 Å². The number of hydrogen-bond donors (Lipinski definition) is 0. The molecule has 2 aromatic carbocycles. The number of aromatic nitrogens is 2. The zero-order valence-electron chi connectivity index (χ0n) is 26.4. The Morgan fingerprint density at radius 2 is 1.63 bits per heavy atom. The van der Waals surface area contributed by atoms with Crippen LogP contribution in [0.25, 0.3) is 11.3 Å². The van der Waals surface area contributed by atoms with Gasteiger partial charge in [0.25, 0.3) is 0 Å². The van der Waals surface area contributed by atoms with E-state index in [1.807, 2.05) is 16.5 Å². The maximum absolute atomic E-state index is 11.4. The van der Waals surface area contributed by atoms with Gasteiger partial charge in [0.15, 0.2) is 0 Å². The molecular weight excluding hydrogens is 586 g/mol. The number of carboxylic acid groups (broad SMARTS) is 1. The molecule has 43 heavy (non-hydrogen) atoms. The Morgan fingerprint density at radius 3 is 2.21 bits per heavy atom. The van der Waals surface area contributed by atoms with Crippen molar-refractivity contribution < 1.29 is 44.2 Å². The smallest absolute Gasteiger partial charge is 0.549 e. The summed E-state index contributed by atoms with van der Waals surface area (Å²) in [5, 5.41) is 15.2. The first kappa shape index (κ1) is 35.4. The second kappa shape index (κ2) is 16.8.